The van der Waals surface area contributed by atoms with Crippen LogP contribution in [0.25, 0.3) is 0 Å². The van der Waals surface area contributed by atoms with Crippen molar-refractivity contribution in [2.24, 2.45) is 5.92 Å². The number of rotatable bonds is 11. The fraction of sp³-hybridized carbons (Fsp3) is 0.440. The summed E-state index contributed by atoms with van der Waals surface area (Å²) in [6, 6.07) is 13.2. The average Bonchev–Trinajstić information content (AvgIpc) is 2.77. The van der Waals surface area contributed by atoms with Crippen molar-refractivity contribution in [2.75, 3.05) is 23.7 Å². The summed E-state index contributed by atoms with van der Waals surface area (Å²) in [5.74, 6) is -0.476. The summed E-state index contributed by atoms with van der Waals surface area (Å²) < 4.78 is 26.2. The second-order valence-electron chi connectivity index (χ2n) is 8.82. The van der Waals surface area contributed by atoms with Crippen LogP contribution in [-0.2, 0) is 26.2 Å². The van der Waals surface area contributed by atoms with Crippen LogP contribution in [0, 0.1) is 12.8 Å². The molecule has 0 aliphatic heterocycles. The van der Waals surface area contributed by atoms with Crippen LogP contribution < -0.4 is 9.62 Å². The van der Waals surface area contributed by atoms with E-state index in [1.165, 1.54) is 4.90 Å². The Hall–Kier alpha value is -2.58. The van der Waals surface area contributed by atoms with Gasteiger partial charge in [-0.1, -0.05) is 62.2 Å². The molecular weight excluding hydrogens is 474 g/mol. The lowest BCUT2D eigenvalue weighted by Gasteiger charge is -2.33. The monoisotopic (exact) mass is 507 g/mol. The molecule has 9 heteroatoms. The summed E-state index contributed by atoms with van der Waals surface area (Å²) in [5.41, 5.74) is 2.15. The zero-order chi connectivity index (χ0) is 25.5. The number of carbonyl (C=O) groups is 2. The van der Waals surface area contributed by atoms with Gasteiger partial charge in [0.25, 0.3) is 0 Å². The van der Waals surface area contributed by atoms with Crippen molar-refractivity contribution in [1.29, 1.82) is 0 Å². The molecule has 0 aromatic heterocycles. The SMILES string of the molecule is CC[C@@H](C(=O)NCC(C)C)N(Cc1ccc(Cl)cc1)C(=O)CN(c1ccc(C)cc1)S(C)(=O)=O. The molecule has 0 radical (unpaired) electrons. The average molecular weight is 508 g/mol. The van der Waals surface area contributed by atoms with Crippen LogP contribution in [-0.4, -0.2) is 50.5 Å². The molecule has 186 valence electrons. The van der Waals surface area contributed by atoms with E-state index in [9.17, 15) is 18.0 Å². The number of nitrogens with zero attached hydrogens (tertiary/aromatic N) is 2. The van der Waals surface area contributed by atoms with Gasteiger partial charge in [0, 0.05) is 18.1 Å². The molecule has 0 spiro atoms. The van der Waals surface area contributed by atoms with E-state index in [-0.39, 0.29) is 18.4 Å². The van der Waals surface area contributed by atoms with E-state index in [1.54, 1.807) is 48.5 Å². The number of aryl methyl sites for hydroxylation is 1. The Morgan fingerprint density at radius 3 is 2.12 bits per heavy atom. The minimum absolute atomic E-state index is 0.148. The van der Waals surface area contributed by atoms with Gasteiger partial charge in [0.2, 0.25) is 21.8 Å². The van der Waals surface area contributed by atoms with Crippen LogP contribution in [0.4, 0.5) is 5.69 Å². The number of nitrogens with one attached hydrogen (secondary N) is 1. The van der Waals surface area contributed by atoms with Crippen LogP contribution in [0.1, 0.15) is 38.3 Å². The van der Waals surface area contributed by atoms with Gasteiger partial charge in [0.15, 0.2) is 0 Å². The van der Waals surface area contributed by atoms with Crippen molar-refractivity contribution < 1.29 is 18.0 Å². The number of benzene rings is 2. The maximum Gasteiger partial charge on any atom is 0.244 e. The van der Waals surface area contributed by atoms with E-state index in [0.29, 0.717) is 23.7 Å². The number of hydrogen-bond acceptors (Lipinski definition) is 4. The predicted octanol–water partition coefficient (Wildman–Crippen LogP) is 3.99. The zero-order valence-electron chi connectivity index (χ0n) is 20.4. The third-order valence-corrected chi connectivity index (χ3v) is 6.73. The molecule has 1 N–H and O–H groups in total. The Kier molecular flexibility index (Phi) is 9.94. The molecule has 0 fully saturated rings. The van der Waals surface area contributed by atoms with Crippen LogP contribution >= 0.6 is 11.6 Å². The van der Waals surface area contributed by atoms with Gasteiger partial charge < -0.3 is 10.2 Å². The summed E-state index contributed by atoms with van der Waals surface area (Å²) in [7, 11) is -3.74. The molecule has 1 atom stereocenters. The molecule has 0 bridgehead atoms. The maximum absolute atomic E-state index is 13.6. The first kappa shape index (κ1) is 27.7. The Labute approximate surface area is 208 Å². The van der Waals surface area contributed by atoms with Gasteiger partial charge in [-0.2, -0.15) is 0 Å². The lowest BCUT2D eigenvalue weighted by atomic mass is 10.1. The Balaban J connectivity index is 2.39. The molecule has 0 unspecified atom stereocenters. The van der Waals surface area contributed by atoms with Crippen LogP contribution in [0.2, 0.25) is 5.02 Å². The van der Waals surface area contributed by atoms with Gasteiger partial charge in [0.1, 0.15) is 12.6 Å². The highest BCUT2D eigenvalue weighted by Crippen LogP contribution is 2.21. The molecule has 2 aromatic rings. The van der Waals surface area contributed by atoms with Crippen LogP contribution in [0.3, 0.4) is 0 Å². The second kappa shape index (κ2) is 12.2. The maximum atomic E-state index is 13.6. The zero-order valence-corrected chi connectivity index (χ0v) is 22.0. The first-order valence-electron chi connectivity index (χ1n) is 11.3. The topological polar surface area (TPSA) is 86.8 Å². The summed E-state index contributed by atoms with van der Waals surface area (Å²) in [6.45, 7) is 7.92. The summed E-state index contributed by atoms with van der Waals surface area (Å²) in [5, 5.41) is 3.46. The van der Waals surface area contributed by atoms with E-state index in [0.717, 1.165) is 21.7 Å². The third-order valence-electron chi connectivity index (χ3n) is 5.34. The minimum Gasteiger partial charge on any atom is -0.354 e. The molecule has 0 saturated heterocycles. The fourth-order valence-corrected chi connectivity index (χ4v) is 4.43. The number of anilines is 1. The highest BCUT2D eigenvalue weighted by atomic mass is 35.5. The molecule has 7 nitrogen and oxygen atoms in total. The van der Waals surface area contributed by atoms with Gasteiger partial charge in [-0.15, -0.1) is 0 Å². The highest BCUT2D eigenvalue weighted by Gasteiger charge is 2.31. The summed E-state index contributed by atoms with van der Waals surface area (Å²) in [6.07, 6.45) is 1.45. The molecule has 2 amide bonds. The number of sulfonamides is 1. The van der Waals surface area contributed by atoms with Crippen molar-refractivity contribution in [3.8, 4) is 0 Å². The van der Waals surface area contributed by atoms with Crippen molar-refractivity contribution >= 4 is 39.1 Å². The second-order valence-corrected chi connectivity index (χ2v) is 11.2. The number of amides is 2. The van der Waals surface area contributed by atoms with Crippen LogP contribution in [0.5, 0.6) is 0 Å². The molecule has 2 rings (SSSR count). The van der Waals surface area contributed by atoms with E-state index in [1.807, 2.05) is 27.7 Å². The Morgan fingerprint density at radius 1 is 1.03 bits per heavy atom. The van der Waals surface area contributed by atoms with Crippen molar-refractivity contribution in [3.63, 3.8) is 0 Å². The standard InChI is InChI=1S/C25H34ClN3O4S/c1-6-23(25(31)27-15-18(2)3)28(16-20-9-11-21(26)12-10-20)24(30)17-29(34(5,32)33)22-13-7-19(4)8-14-22/h7-14,18,23H,6,15-17H2,1-5H3,(H,27,31)/t23-/m0/s1. The lowest BCUT2D eigenvalue weighted by Crippen LogP contribution is -2.52. The van der Waals surface area contributed by atoms with Gasteiger partial charge in [-0.25, -0.2) is 8.42 Å². The molecule has 0 aliphatic rings. The van der Waals surface area contributed by atoms with Gasteiger partial charge in [0.05, 0.1) is 11.9 Å². The first-order valence-corrected chi connectivity index (χ1v) is 13.5. The molecule has 0 saturated carbocycles. The third kappa shape index (κ3) is 8.02. The van der Waals surface area contributed by atoms with Gasteiger partial charge >= 0.3 is 0 Å². The van der Waals surface area contributed by atoms with E-state index in [2.05, 4.69) is 5.32 Å². The Morgan fingerprint density at radius 2 is 1.62 bits per heavy atom. The number of halogens is 1. The predicted molar refractivity (Wildman–Crippen MR) is 137 cm³/mol. The first-order chi connectivity index (χ1) is 15.9. The quantitative estimate of drug-likeness (QED) is 0.498. The fourth-order valence-electron chi connectivity index (χ4n) is 3.45. The van der Waals surface area contributed by atoms with E-state index < -0.39 is 28.5 Å². The van der Waals surface area contributed by atoms with Gasteiger partial charge in [-0.05, 0) is 49.1 Å². The van der Waals surface area contributed by atoms with Crippen molar-refractivity contribution in [3.05, 3.63) is 64.7 Å². The number of carbonyl (C=O) groups excluding carboxylic acids is 2. The van der Waals surface area contributed by atoms with E-state index >= 15 is 0 Å². The molecular formula is C25H34ClN3O4S. The summed E-state index contributed by atoms with van der Waals surface area (Å²) in [4.78, 5) is 28.0. The normalized spacial score (nSPS) is 12.3. The largest absolute Gasteiger partial charge is 0.354 e. The number of hydrogen-bond donors (Lipinski definition) is 1. The minimum atomic E-state index is -3.74. The Bertz CT molecular complexity index is 1070. The van der Waals surface area contributed by atoms with E-state index in [4.69, 9.17) is 11.6 Å². The lowest BCUT2D eigenvalue weighted by molar-refractivity contribution is -0.140. The van der Waals surface area contributed by atoms with Crippen molar-refractivity contribution in [1.82, 2.24) is 10.2 Å². The van der Waals surface area contributed by atoms with Crippen LogP contribution in [0.15, 0.2) is 48.5 Å². The summed E-state index contributed by atoms with van der Waals surface area (Å²) >= 11 is 6.00. The molecule has 0 heterocycles. The molecule has 2 aromatic carbocycles. The smallest absolute Gasteiger partial charge is 0.244 e. The molecule has 0 aliphatic carbocycles. The van der Waals surface area contributed by atoms with Crippen molar-refractivity contribution in [2.45, 2.75) is 46.7 Å². The molecule has 34 heavy (non-hydrogen) atoms. The highest BCUT2D eigenvalue weighted by molar-refractivity contribution is 7.92. The van der Waals surface area contributed by atoms with Gasteiger partial charge in [-0.3, -0.25) is 13.9 Å².